The van der Waals surface area contributed by atoms with E-state index in [9.17, 15) is 14.9 Å². The molecule has 0 unspecified atom stereocenters. The van der Waals surface area contributed by atoms with Crippen molar-refractivity contribution in [1.82, 2.24) is 14.9 Å². The maximum Gasteiger partial charge on any atom is 0.270 e. The number of fused-ring (bicyclic) bond motifs is 1. The lowest BCUT2D eigenvalue weighted by atomic mass is 10.2. The molecule has 122 valence electrons. The highest BCUT2D eigenvalue weighted by atomic mass is 127. The van der Waals surface area contributed by atoms with Gasteiger partial charge in [0.15, 0.2) is 0 Å². The second-order valence-corrected chi connectivity index (χ2v) is 6.45. The van der Waals surface area contributed by atoms with Crippen LogP contribution >= 0.6 is 22.6 Å². The van der Waals surface area contributed by atoms with E-state index >= 15 is 0 Å². The quantitative estimate of drug-likeness (QED) is 0.386. The van der Waals surface area contributed by atoms with Crippen molar-refractivity contribution in [2.24, 2.45) is 0 Å². The first kappa shape index (κ1) is 16.4. The molecule has 1 amide bonds. The number of non-ortho nitro benzene ring substituents is 1. The summed E-state index contributed by atoms with van der Waals surface area (Å²) in [5.41, 5.74) is 1.94. The van der Waals surface area contributed by atoms with Crippen LogP contribution in [0.4, 0.5) is 5.69 Å². The van der Waals surface area contributed by atoms with Gasteiger partial charge in [-0.25, -0.2) is 4.98 Å². The Morgan fingerprint density at radius 3 is 2.79 bits per heavy atom. The molecule has 7 nitrogen and oxygen atoms in total. The molecule has 3 aromatic rings. The summed E-state index contributed by atoms with van der Waals surface area (Å²) >= 11 is 2.00. The molecular weight excluding hydrogens is 423 g/mol. The molecule has 24 heavy (non-hydrogen) atoms. The first-order valence-corrected chi connectivity index (χ1v) is 8.16. The van der Waals surface area contributed by atoms with Gasteiger partial charge in [-0.1, -0.05) is 12.1 Å². The van der Waals surface area contributed by atoms with Crippen molar-refractivity contribution in [2.75, 3.05) is 7.05 Å². The van der Waals surface area contributed by atoms with E-state index in [1.165, 1.54) is 17.0 Å². The summed E-state index contributed by atoms with van der Waals surface area (Å²) in [6.07, 6.45) is 0. The van der Waals surface area contributed by atoms with E-state index < -0.39 is 4.92 Å². The normalized spacial score (nSPS) is 10.8. The summed E-state index contributed by atoms with van der Waals surface area (Å²) in [6, 6.07) is 11.9. The number of nitrogens with zero attached hydrogens (tertiary/aromatic N) is 3. The van der Waals surface area contributed by atoms with Crippen LogP contribution in [0.25, 0.3) is 11.0 Å². The smallest absolute Gasteiger partial charge is 0.270 e. The number of aromatic nitrogens is 2. The van der Waals surface area contributed by atoms with Crippen molar-refractivity contribution >= 4 is 45.2 Å². The number of hydrogen-bond acceptors (Lipinski definition) is 4. The number of carbonyl (C=O) groups is 1. The van der Waals surface area contributed by atoms with Gasteiger partial charge in [-0.15, -0.1) is 0 Å². The summed E-state index contributed by atoms with van der Waals surface area (Å²) in [7, 11) is 1.64. The fourth-order valence-electron chi connectivity index (χ4n) is 2.37. The van der Waals surface area contributed by atoms with E-state index in [0.717, 1.165) is 11.0 Å². The zero-order valence-electron chi connectivity index (χ0n) is 12.7. The summed E-state index contributed by atoms with van der Waals surface area (Å²) in [6.45, 7) is 0.284. The van der Waals surface area contributed by atoms with Gasteiger partial charge in [0.1, 0.15) is 5.82 Å². The van der Waals surface area contributed by atoms with Gasteiger partial charge in [0.2, 0.25) is 0 Å². The average Bonchev–Trinajstić information content (AvgIpc) is 2.96. The van der Waals surface area contributed by atoms with Crippen LogP contribution in [0.3, 0.4) is 0 Å². The summed E-state index contributed by atoms with van der Waals surface area (Å²) in [4.78, 5) is 32.1. The largest absolute Gasteiger partial charge is 0.340 e. The zero-order valence-corrected chi connectivity index (χ0v) is 14.9. The van der Waals surface area contributed by atoms with Crippen LogP contribution < -0.4 is 0 Å². The third-order valence-corrected chi connectivity index (χ3v) is 4.50. The van der Waals surface area contributed by atoms with Crippen LogP contribution in [0.5, 0.6) is 0 Å². The molecule has 8 heteroatoms. The number of H-pyrrole nitrogens is 1. The standard InChI is InChI=1S/C16H13IN4O3/c1-20(9-15-18-13-4-2-3-5-14(13)19-15)16(22)11-8-10(21(23)24)6-7-12(11)17/h2-8H,9H2,1H3,(H,18,19). The maximum absolute atomic E-state index is 12.6. The minimum Gasteiger partial charge on any atom is -0.340 e. The van der Waals surface area contributed by atoms with E-state index in [2.05, 4.69) is 9.97 Å². The first-order valence-electron chi connectivity index (χ1n) is 7.09. The van der Waals surface area contributed by atoms with Crippen LogP contribution in [0.15, 0.2) is 42.5 Å². The van der Waals surface area contributed by atoms with Gasteiger partial charge in [-0.05, 0) is 40.8 Å². The van der Waals surface area contributed by atoms with Crippen molar-refractivity contribution in [1.29, 1.82) is 0 Å². The Morgan fingerprint density at radius 1 is 1.33 bits per heavy atom. The molecule has 0 aliphatic carbocycles. The summed E-state index contributed by atoms with van der Waals surface area (Å²) < 4.78 is 0.666. The van der Waals surface area contributed by atoms with Crippen LogP contribution in [0, 0.1) is 13.7 Å². The van der Waals surface area contributed by atoms with Gasteiger partial charge >= 0.3 is 0 Å². The third-order valence-electron chi connectivity index (χ3n) is 3.56. The molecule has 0 radical (unpaired) electrons. The lowest BCUT2D eigenvalue weighted by Gasteiger charge is -2.16. The monoisotopic (exact) mass is 436 g/mol. The lowest BCUT2D eigenvalue weighted by molar-refractivity contribution is -0.384. The highest BCUT2D eigenvalue weighted by molar-refractivity contribution is 14.1. The number of halogens is 1. The fraction of sp³-hybridized carbons (Fsp3) is 0.125. The number of benzene rings is 2. The van der Waals surface area contributed by atoms with Gasteiger partial charge in [0.25, 0.3) is 11.6 Å². The Hall–Kier alpha value is -2.49. The lowest BCUT2D eigenvalue weighted by Crippen LogP contribution is -2.27. The predicted molar refractivity (Wildman–Crippen MR) is 97.7 cm³/mol. The summed E-state index contributed by atoms with van der Waals surface area (Å²) in [5.74, 6) is 0.371. The van der Waals surface area contributed by atoms with Crippen LogP contribution in [-0.4, -0.2) is 32.7 Å². The SMILES string of the molecule is CN(Cc1nc2ccccc2[nH]1)C(=O)c1cc([N+](=O)[O-])ccc1I. The maximum atomic E-state index is 12.6. The molecule has 2 aromatic carbocycles. The Labute approximate surface area is 151 Å². The van der Waals surface area contributed by atoms with E-state index in [4.69, 9.17) is 0 Å². The van der Waals surface area contributed by atoms with Crippen molar-refractivity contribution in [3.8, 4) is 0 Å². The number of carbonyl (C=O) groups excluding carboxylic acids is 1. The second kappa shape index (κ2) is 6.56. The van der Waals surface area contributed by atoms with Gasteiger partial charge in [-0.2, -0.15) is 0 Å². The van der Waals surface area contributed by atoms with Crippen molar-refractivity contribution in [2.45, 2.75) is 6.54 Å². The Kier molecular flexibility index (Phi) is 4.47. The molecule has 0 saturated carbocycles. The molecule has 0 bridgehead atoms. The molecule has 0 aliphatic heterocycles. The molecule has 1 N–H and O–H groups in total. The second-order valence-electron chi connectivity index (χ2n) is 5.28. The van der Waals surface area contributed by atoms with Gasteiger partial charge < -0.3 is 9.88 Å². The predicted octanol–water partition coefficient (Wildman–Crippen LogP) is 3.35. The van der Waals surface area contributed by atoms with Crippen LogP contribution in [0.2, 0.25) is 0 Å². The average molecular weight is 436 g/mol. The third kappa shape index (κ3) is 3.23. The van der Waals surface area contributed by atoms with Crippen LogP contribution in [0.1, 0.15) is 16.2 Å². The van der Waals surface area contributed by atoms with Crippen molar-refractivity contribution in [3.63, 3.8) is 0 Å². The molecule has 1 aromatic heterocycles. The van der Waals surface area contributed by atoms with E-state index in [0.29, 0.717) is 15.0 Å². The molecule has 0 spiro atoms. The number of nitro groups is 1. The topological polar surface area (TPSA) is 92.1 Å². The van der Waals surface area contributed by atoms with Crippen LogP contribution in [-0.2, 0) is 6.54 Å². The molecule has 0 aliphatic rings. The number of nitrogens with one attached hydrogen (secondary N) is 1. The Bertz CT molecular complexity index is 905. The number of para-hydroxylation sites is 2. The molecule has 0 saturated heterocycles. The van der Waals surface area contributed by atoms with Gasteiger partial charge in [0.05, 0.1) is 28.1 Å². The number of rotatable bonds is 4. The minimum atomic E-state index is -0.508. The highest BCUT2D eigenvalue weighted by Gasteiger charge is 2.19. The van der Waals surface area contributed by atoms with Gasteiger partial charge in [-0.3, -0.25) is 14.9 Å². The fourth-order valence-corrected chi connectivity index (χ4v) is 2.94. The molecular formula is C16H13IN4O3. The molecule has 0 atom stereocenters. The summed E-state index contributed by atoms with van der Waals surface area (Å²) in [5, 5.41) is 10.9. The Balaban J connectivity index is 1.84. The number of amides is 1. The van der Waals surface area contributed by atoms with E-state index in [-0.39, 0.29) is 18.1 Å². The zero-order chi connectivity index (χ0) is 17.3. The highest BCUT2D eigenvalue weighted by Crippen LogP contribution is 2.21. The minimum absolute atomic E-state index is 0.101. The van der Waals surface area contributed by atoms with Gasteiger partial charge in [0, 0.05) is 22.8 Å². The van der Waals surface area contributed by atoms with E-state index in [1.807, 2.05) is 46.9 Å². The first-order chi connectivity index (χ1) is 11.5. The number of nitro benzene ring substituents is 1. The molecule has 0 fully saturated rings. The van der Waals surface area contributed by atoms with E-state index in [1.54, 1.807) is 13.1 Å². The van der Waals surface area contributed by atoms with Crippen molar-refractivity contribution in [3.05, 3.63) is 67.5 Å². The number of aromatic amines is 1. The van der Waals surface area contributed by atoms with Crippen molar-refractivity contribution < 1.29 is 9.72 Å². The molecule has 1 heterocycles. The number of hydrogen-bond donors (Lipinski definition) is 1. The molecule has 3 rings (SSSR count). The Morgan fingerprint density at radius 2 is 2.08 bits per heavy atom. The number of imidazole rings is 1.